The average molecular weight is 396 g/mol. The fourth-order valence-corrected chi connectivity index (χ4v) is 2.28. The normalized spacial score (nSPS) is 13.1. The number of nitrogens with one attached hydrogen (secondary N) is 2. The summed E-state index contributed by atoms with van der Waals surface area (Å²) in [4.78, 5) is 12.1. The number of allylic oxidation sites excluding steroid dienone is 3. The summed E-state index contributed by atoms with van der Waals surface area (Å²) in [6.07, 6.45) is 4.29. The van der Waals surface area contributed by atoms with Gasteiger partial charge in [0.15, 0.2) is 0 Å². The molecule has 0 bridgehead atoms. The van der Waals surface area contributed by atoms with Gasteiger partial charge in [0.05, 0.1) is 11.3 Å². The molecule has 0 saturated heterocycles. The summed E-state index contributed by atoms with van der Waals surface area (Å²) in [5.74, 6) is 2.18. The molecule has 27 heavy (non-hydrogen) atoms. The predicted octanol–water partition coefficient (Wildman–Crippen LogP) is 4.82. The molecule has 0 atom stereocenters. The Morgan fingerprint density at radius 3 is 2.26 bits per heavy atom. The van der Waals surface area contributed by atoms with Crippen LogP contribution >= 0.6 is 11.9 Å². The number of halogens is 3. The van der Waals surface area contributed by atoms with E-state index in [1.807, 2.05) is 20.8 Å². The van der Waals surface area contributed by atoms with Gasteiger partial charge in [-0.3, -0.25) is 4.79 Å². The van der Waals surface area contributed by atoms with Gasteiger partial charge in [0.2, 0.25) is 5.91 Å². The van der Waals surface area contributed by atoms with Crippen molar-refractivity contribution in [3.63, 3.8) is 0 Å². The molecule has 3 nitrogen and oxygen atoms in total. The topological polar surface area (TPSA) is 41.1 Å². The number of amides is 1. The van der Waals surface area contributed by atoms with E-state index >= 15 is 0 Å². The van der Waals surface area contributed by atoms with Crippen molar-refractivity contribution in [1.82, 2.24) is 10.0 Å². The van der Waals surface area contributed by atoms with Crippen LogP contribution < -0.4 is 10.0 Å². The standard InChI is InChI=1S/C20H23F3N2OS/c1-6-17(25-27-19(3,4)5)12-7-14(2)18(26)24-13-15-8-10-16(11-9-15)20(21,22)23/h1,7-12,25H,13H2,2-5H3,(H,24,26)/b14-7+,17-12+. The van der Waals surface area contributed by atoms with Crippen molar-refractivity contribution in [3.8, 4) is 12.3 Å². The Balaban J connectivity index is 2.64. The van der Waals surface area contributed by atoms with Crippen molar-refractivity contribution in [2.75, 3.05) is 0 Å². The molecule has 7 heteroatoms. The molecular weight excluding hydrogens is 373 g/mol. The predicted molar refractivity (Wildman–Crippen MR) is 104 cm³/mol. The third-order valence-corrected chi connectivity index (χ3v) is 4.15. The first-order chi connectivity index (χ1) is 12.4. The molecule has 146 valence electrons. The zero-order valence-corrected chi connectivity index (χ0v) is 16.5. The van der Waals surface area contributed by atoms with Gasteiger partial charge in [0.25, 0.3) is 0 Å². The molecular formula is C20H23F3N2OS. The van der Waals surface area contributed by atoms with Gasteiger partial charge in [-0.05, 0) is 63.4 Å². The van der Waals surface area contributed by atoms with Gasteiger partial charge in [-0.15, -0.1) is 6.42 Å². The van der Waals surface area contributed by atoms with E-state index < -0.39 is 11.7 Å². The van der Waals surface area contributed by atoms with E-state index in [9.17, 15) is 18.0 Å². The van der Waals surface area contributed by atoms with Crippen LogP contribution in [0.5, 0.6) is 0 Å². The summed E-state index contributed by atoms with van der Waals surface area (Å²) in [7, 11) is 0. The number of hydrogen-bond donors (Lipinski definition) is 2. The Hall–Kier alpha value is -2.33. The smallest absolute Gasteiger partial charge is 0.348 e. The quantitative estimate of drug-likeness (QED) is 0.313. The Bertz CT molecular complexity index is 751. The van der Waals surface area contributed by atoms with E-state index in [0.717, 1.165) is 12.1 Å². The van der Waals surface area contributed by atoms with Crippen molar-refractivity contribution in [2.24, 2.45) is 0 Å². The zero-order chi connectivity index (χ0) is 20.7. The molecule has 1 amide bonds. The summed E-state index contributed by atoms with van der Waals surface area (Å²) >= 11 is 1.47. The molecule has 0 aliphatic rings. The first kappa shape index (κ1) is 22.7. The van der Waals surface area contributed by atoms with Gasteiger partial charge in [-0.2, -0.15) is 13.2 Å². The second-order valence-electron chi connectivity index (χ2n) is 6.77. The highest BCUT2D eigenvalue weighted by Crippen LogP contribution is 2.29. The van der Waals surface area contributed by atoms with Crippen molar-refractivity contribution in [1.29, 1.82) is 0 Å². The van der Waals surface area contributed by atoms with Gasteiger partial charge in [-0.1, -0.05) is 24.1 Å². The Morgan fingerprint density at radius 1 is 1.19 bits per heavy atom. The largest absolute Gasteiger partial charge is 0.416 e. The molecule has 0 radical (unpaired) electrons. The first-order valence-electron chi connectivity index (χ1n) is 8.16. The molecule has 1 aromatic rings. The lowest BCUT2D eigenvalue weighted by molar-refractivity contribution is -0.137. The van der Waals surface area contributed by atoms with Crippen LogP contribution in [0.25, 0.3) is 0 Å². The molecule has 0 aromatic heterocycles. The van der Waals surface area contributed by atoms with Crippen LogP contribution in [0.1, 0.15) is 38.8 Å². The molecule has 1 aromatic carbocycles. The number of carbonyl (C=O) groups excluding carboxylic acids is 1. The van der Waals surface area contributed by atoms with Crippen molar-refractivity contribution >= 4 is 17.9 Å². The van der Waals surface area contributed by atoms with Crippen LogP contribution in [0.4, 0.5) is 13.2 Å². The fourth-order valence-electron chi connectivity index (χ4n) is 1.74. The Kier molecular flexibility index (Phi) is 8.04. The van der Waals surface area contributed by atoms with Crippen LogP contribution in [0.15, 0.2) is 47.7 Å². The van der Waals surface area contributed by atoms with E-state index in [-0.39, 0.29) is 17.2 Å². The molecule has 2 N–H and O–H groups in total. The maximum Gasteiger partial charge on any atom is 0.416 e. The van der Waals surface area contributed by atoms with Crippen molar-refractivity contribution in [3.05, 3.63) is 58.8 Å². The maximum absolute atomic E-state index is 12.5. The lowest BCUT2D eigenvalue weighted by Gasteiger charge is -2.17. The van der Waals surface area contributed by atoms with Crippen LogP contribution in [-0.2, 0) is 17.5 Å². The molecule has 0 unspecified atom stereocenters. The minimum absolute atomic E-state index is 0.0201. The summed E-state index contributed by atoms with van der Waals surface area (Å²) in [6.45, 7) is 7.87. The molecule has 0 saturated carbocycles. The summed E-state index contributed by atoms with van der Waals surface area (Å²) in [5, 5.41) is 2.66. The second-order valence-corrected chi connectivity index (χ2v) is 8.40. The third kappa shape index (κ3) is 8.74. The van der Waals surface area contributed by atoms with Crippen LogP contribution in [-0.4, -0.2) is 10.7 Å². The third-order valence-electron chi connectivity index (χ3n) is 3.22. The summed E-state index contributed by atoms with van der Waals surface area (Å²) < 4.78 is 40.6. The van der Waals surface area contributed by atoms with E-state index in [4.69, 9.17) is 6.42 Å². The molecule has 0 fully saturated rings. The van der Waals surface area contributed by atoms with Crippen molar-refractivity contribution in [2.45, 2.75) is 45.2 Å². The molecule has 0 aliphatic heterocycles. The van der Waals surface area contributed by atoms with Gasteiger partial charge in [-0.25, -0.2) is 0 Å². The second kappa shape index (κ2) is 9.56. The van der Waals surface area contributed by atoms with E-state index in [0.29, 0.717) is 16.8 Å². The molecule has 0 aliphatic carbocycles. The number of rotatable bonds is 6. The SMILES string of the molecule is C#C/C(=C\C=C(/C)C(=O)NCc1ccc(C(F)(F)F)cc1)NSC(C)(C)C. The Labute approximate surface area is 162 Å². The average Bonchev–Trinajstić information content (AvgIpc) is 2.58. The Morgan fingerprint density at radius 2 is 1.78 bits per heavy atom. The zero-order valence-electron chi connectivity index (χ0n) is 15.7. The monoisotopic (exact) mass is 396 g/mol. The number of hydrogen-bond acceptors (Lipinski definition) is 3. The first-order valence-corrected chi connectivity index (χ1v) is 8.97. The maximum atomic E-state index is 12.5. The fraction of sp³-hybridized carbons (Fsp3) is 0.350. The molecule has 1 rings (SSSR count). The van der Waals surface area contributed by atoms with Gasteiger partial charge in [0, 0.05) is 16.9 Å². The van der Waals surface area contributed by atoms with Crippen LogP contribution in [0, 0.1) is 12.3 Å². The highest BCUT2D eigenvalue weighted by Gasteiger charge is 2.29. The van der Waals surface area contributed by atoms with E-state index in [1.54, 1.807) is 19.1 Å². The van der Waals surface area contributed by atoms with Gasteiger partial charge >= 0.3 is 6.18 Å². The number of alkyl halides is 3. The highest BCUT2D eigenvalue weighted by molar-refractivity contribution is 7.98. The summed E-state index contributed by atoms with van der Waals surface area (Å²) in [6, 6.07) is 4.66. The molecule has 0 spiro atoms. The van der Waals surface area contributed by atoms with Gasteiger partial charge in [0.1, 0.15) is 0 Å². The van der Waals surface area contributed by atoms with Gasteiger partial charge < -0.3 is 10.0 Å². The minimum Gasteiger partial charge on any atom is -0.348 e. The molecule has 0 heterocycles. The minimum atomic E-state index is -4.37. The lowest BCUT2D eigenvalue weighted by atomic mass is 10.1. The summed E-state index contributed by atoms with van der Waals surface area (Å²) in [5.41, 5.74) is 0.815. The van der Waals surface area contributed by atoms with Crippen molar-refractivity contribution < 1.29 is 18.0 Å². The van der Waals surface area contributed by atoms with E-state index in [2.05, 4.69) is 16.0 Å². The number of carbonyl (C=O) groups is 1. The van der Waals surface area contributed by atoms with Crippen LogP contribution in [0.3, 0.4) is 0 Å². The highest BCUT2D eigenvalue weighted by atomic mass is 32.2. The van der Waals surface area contributed by atoms with Crippen LogP contribution in [0.2, 0.25) is 0 Å². The van der Waals surface area contributed by atoms with E-state index in [1.165, 1.54) is 24.1 Å². The number of benzene rings is 1. The lowest BCUT2D eigenvalue weighted by Crippen LogP contribution is -2.23. The number of terminal acetylenes is 1.